The molecular weight excluding hydrogens is 460 g/mol. The maximum atomic E-state index is 12.9. The van der Waals surface area contributed by atoms with Crippen molar-refractivity contribution >= 4 is 24.5 Å². The second kappa shape index (κ2) is 13.2. The fraction of sp³-hybridized carbons (Fsp3) is 0.667. The fourth-order valence-electron chi connectivity index (χ4n) is 3.87. The van der Waals surface area contributed by atoms with E-state index >= 15 is 0 Å². The van der Waals surface area contributed by atoms with Gasteiger partial charge in [0.05, 0.1) is 31.4 Å². The first-order valence-corrected chi connectivity index (χ1v) is 12.1. The number of phenols is 1. The number of likely N-dealkylation sites (tertiary alicyclic amines) is 1. The third-order valence-corrected chi connectivity index (χ3v) is 5.94. The summed E-state index contributed by atoms with van der Waals surface area (Å²) in [5.74, 6) is -0.0445. The molecule has 1 aliphatic heterocycles. The second-order valence-electron chi connectivity index (χ2n) is 9.25. The number of nitrogens with zero attached hydrogens (tertiary/aromatic N) is 1. The Morgan fingerprint density at radius 2 is 1.91 bits per heavy atom. The van der Waals surface area contributed by atoms with Crippen LogP contribution < -0.4 is 10.1 Å². The van der Waals surface area contributed by atoms with Crippen LogP contribution in [0.1, 0.15) is 44.0 Å². The van der Waals surface area contributed by atoms with Crippen molar-refractivity contribution in [3.05, 3.63) is 23.8 Å². The Balaban J connectivity index is 1.94. The SMILES string of the molecule is COCCOCCOc1ccc(C(=O)N[C@@H](CS)[C@@H]2CC[C@H](C(=O)OC(C)(C)C)N2C)c(O)c1. The minimum Gasteiger partial charge on any atom is -0.507 e. The molecule has 0 aromatic heterocycles. The van der Waals surface area contributed by atoms with E-state index in [0.29, 0.717) is 44.4 Å². The maximum absolute atomic E-state index is 12.9. The maximum Gasteiger partial charge on any atom is 0.323 e. The van der Waals surface area contributed by atoms with Crippen molar-refractivity contribution in [3.8, 4) is 11.5 Å². The molecule has 1 aromatic carbocycles. The molecule has 1 heterocycles. The summed E-state index contributed by atoms with van der Waals surface area (Å²) in [4.78, 5) is 27.4. The molecule has 9 nitrogen and oxygen atoms in total. The van der Waals surface area contributed by atoms with Gasteiger partial charge in [-0.25, -0.2) is 0 Å². The number of hydrogen-bond donors (Lipinski definition) is 3. The predicted octanol–water partition coefficient (Wildman–Crippen LogP) is 2.27. The fourth-order valence-corrected chi connectivity index (χ4v) is 4.21. The van der Waals surface area contributed by atoms with Crippen LogP contribution in [0, 0.1) is 0 Å². The molecule has 0 aliphatic carbocycles. The molecule has 0 unspecified atom stereocenters. The number of esters is 1. The van der Waals surface area contributed by atoms with Crippen LogP contribution >= 0.6 is 12.6 Å². The highest BCUT2D eigenvalue weighted by molar-refractivity contribution is 7.80. The molecule has 1 saturated heterocycles. The standard InChI is InChI=1S/C24H38N2O7S/c1-24(2,3)33-23(29)20-9-8-19(26(20)4)18(15-34)25-22(28)17-7-6-16(14-21(17)27)32-13-12-31-11-10-30-5/h6-7,14,18-20,27,34H,8-13,15H2,1-5H3,(H,25,28)/t18-,19-,20+/m0/s1. The molecular formula is C24H38N2O7S. The van der Waals surface area contributed by atoms with Crippen LogP contribution in [0.15, 0.2) is 18.2 Å². The van der Waals surface area contributed by atoms with Crippen LogP contribution in [0.2, 0.25) is 0 Å². The number of thiol groups is 1. The second-order valence-corrected chi connectivity index (χ2v) is 9.62. The first-order valence-electron chi connectivity index (χ1n) is 11.5. The number of hydrogen-bond acceptors (Lipinski definition) is 9. The Kier molecular flexibility index (Phi) is 10.9. The van der Waals surface area contributed by atoms with Gasteiger partial charge in [-0.05, 0) is 52.8 Å². The van der Waals surface area contributed by atoms with Crippen LogP contribution in [-0.4, -0.2) is 91.9 Å². The number of likely N-dealkylation sites (N-methyl/N-ethyl adjacent to an activating group) is 1. The number of methoxy groups -OCH3 is 1. The first-order chi connectivity index (χ1) is 16.1. The highest BCUT2D eigenvalue weighted by Crippen LogP contribution is 2.28. The highest BCUT2D eigenvalue weighted by Gasteiger charge is 2.41. The van der Waals surface area contributed by atoms with E-state index in [-0.39, 0.29) is 35.4 Å². The lowest BCUT2D eigenvalue weighted by atomic mass is 10.1. The minimum atomic E-state index is -0.558. The molecule has 1 aliphatic rings. The lowest BCUT2D eigenvalue weighted by Crippen LogP contribution is -2.52. The number of carbonyl (C=O) groups is 2. The third-order valence-electron chi connectivity index (χ3n) is 5.55. The number of benzene rings is 1. The van der Waals surface area contributed by atoms with E-state index < -0.39 is 11.5 Å². The molecule has 1 fully saturated rings. The van der Waals surface area contributed by atoms with E-state index in [1.165, 1.54) is 12.1 Å². The van der Waals surface area contributed by atoms with E-state index in [2.05, 4.69) is 17.9 Å². The smallest absolute Gasteiger partial charge is 0.323 e. The Morgan fingerprint density at radius 1 is 1.21 bits per heavy atom. The summed E-state index contributed by atoms with van der Waals surface area (Å²) in [5, 5.41) is 13.3. The molecule has 3 atom stereocenters. The molecule has 2 N–H and O–H groups in total. The summed E-state index contributed by atoms with van der Waals surface area (Å²) in [6, 6.07) is 3.78. The van der Waals surface area contributed by atoms with Gasteiger partial charge >= 0.3 is 5.97 Å². The van der Waals surface area contributed by atoms with Crippen molar-refractivity contribution in [3.63, 3.8) is 0 Å². The van der Waals surface area contributed by atoms with Crippen molar-refractivity contribution in [2.45, 2.75) is 57.3 Å². The van der Waals surface area contributed by atoms with Crippen LogP contribution in [0.3, 0.4) is 0 Å². The average Bonchev–Trinajstić information content (AvgIpc) is 3.14. The number of phenolic OH excluding ortho intramolecular Hbond substituents is 1. The van der Waals surface area contributed by atoms with Crippen LogP contribution in [0.5, 0.6) is 11.5 Å². The topological polar surface area (TPSA) is 107 Å². The molecule has 192 valence electrons. The molecule has 0 radical (unpaired) electrons. The lowest BCUT2D eigenvalue weighted by molar-refractivity contribution is -0.160. The quantitative estimate of drug-likeness (QED) is 0.229. The van der Waals surface area contributed by atoms with Gasteiger partial charge in [-0.3, -0.25) is 14.5 Å². The van der Waals surface area contributed by atoms with Crippen molar-refractivity contribution in [2.24, 2.45) is 0 Å². The number of carbonyl (C=O) groups excluding carboxylic acids is 2. The Bertz CT molecular complexity index is 815. The van der Waals surface area contributed by atoms with Gasteiger partial charge in [-0.15, -0.1) is 0 Å². The van der Waals surface area contributed by atoms with E-state index in [4.69, 9.17) is 18.9 Å². The van der Waals surface area contributed by atoms with Crippen molar-refractivity contribution < 1.29 is 33.6 Å². The molecule has 2 rings (SSSR count). The summed E-state index contributed by atoms with van der Waals surface area (Å²) in [6.07, 6.45) is 1.36. The summed E-state index contributed by atoms with van der Waals surface area (Å²) < 4.78 is 21.3. The van der Waals surface area contributed by atoms with Gasteiger partial charge < -0.3 is 29.4 Å². The highest BCUT2D eigenvalue weighted by atomic mass is 32.1. The number of aromatic hydroxyl groups is 1. The van der Waals surface area contributed by atoms with Gasteiger partial charge in [0.1, 0.15) is 29.7 Å². The zero-order valence-electron chi connectivity index (χ0n) is 20.7. The van der Waals surface area contributed by atoms with Gasteiger partial charge in [0.15, 0.2) is 0 Å². The molecule has 0 saturated carbocycles. The molecule has 10 heteroatoms. The molecule has 0 spiro atoms. The number of rotatable bonds is 12. The summed E-state index contributed by atoms with van der Waals surface area (Å²) in [7, 11) is 3.46. The summed E-state index contributed by atoms with van der Waals surface area (Å²) >= 11 is 4.42. The molecule has 0 bridgehead atoms. The van der Waals surface area contributed by atoms with Crippen molar-refractivity contribution in [1.82, 2.24) is 10.2 Å². The Morgan fingerprint density at radius 3 is 2.53 bits per heavy atom. The Hall–Kier alpha value is -2.01. The van der Waals surface area contributed by atoms with Crippen LogP contribution in [-0.2, 0) is 19.0 Å². The summed E-state index contributed by atoms with van der Waals surface area (Å²) in [6.45, 7) is 7.20. The monoisotopic (exact) mass is 498 g/mol. The normalized spacial score (nSPS) is 19.6. The van der Waals surface area contributed by atoms with Gasteiger partial charge in [0.25, 0.3) is 5.91 Å². The third kappa shape index (κ3) is 8.33. The van der Waals surface area contributed by atoms with Crippen LogP contribution in [0.4, 0.5) is 0 Å². The zero-order valence-corrected chi connectivity index (χ0v) is 21.6. The van der Waals surface area contributed by atoms with Crippen molar-refractivity contribution in [2.75, 3.05) is 46.3 Å². The number of amides is 1. The number of nitrogens with one attached hydrogen (secondary N) is 1. The van der Waals surface area contributed by atoms with Gasteiger partial charge in [0, 0.05) is 25.0 Å². The lowest BCUT2D eigenvalue weighted by Gasteiger charge is -2.32. The van der Waals surface area contributed by atoms with E-state index in [0.717, 1.165) is 6.42 Å². The van der Waals surface area contributed by atoms with Crippen molar-refractivity contribution in [1.29, 1.82) is 0 Å². The molecule has 34 heavy (non-hydrogen) atoms. The number of ether oxygens (including phenoxy) is 4. The predicted molar refractivity (Wildman–Crippen MR) is 132 cm³/mol. The largest absolute Gasteiger partial charge is 0.507 e. The van der Waals surface area contributed by atoms with E-state index in [1.54, 1.807) is 13.2 Å². The first kappa shape index (κ1) is 28.2. The van der Waals surface area contributed by atoms with Gasteiger partial charge in [0.2, 0.25) is 0 Å². The van der Waals surface area contributed by atoms with E-state index in [1.807, 2.05) is 32.7 Å². The minimum absolute atomic E-state index is 0.0816. The van der Waals surface area contributed by atoms with Crippen LogP contribution in [0.25, 0.3) is 0 Å². The molecule has 1 aromatic rings. The van der Waals surface area contributed by atoms with Gasteiger partial charge in [-0.1, -0.05) is 0 Å². The van der Waals surface area contributed by atoms with E-state index in [9.17, 15) is 14.7 Å². The van der Waals surface area contributed by atoms with Gasteiger partial charge in [-0.2, -0.15) is 12.6 Å². The Labute approximate surface area is 207 Å². The summed E-state index contributed by atoms with van der Waals surface area (Å²) in [5.41, 5.74) is -0.419. The molecule has 1 amide bonds. The zero-order chi connectivity index (χ0) is 25.3. The average molecular weight is 499 g/mol.